The molecule has 1 amide bonds. The molecule has 0 spiro atoms. The molecule has 2 aliphatic rings. The van der Waals surface area contributed by atoms with E-state index in [2.05, 4.69) is 10.2 Å². The number of thiophene rings is 1. The second kappa shape index (κ2) is 9.46. The molecule has 31 heavy (non-hydrogen) atoms. The summed E-state index contributed by atoms with van der Waals surface area (Å²) in [6, 6.07) is 8.92. The van der Waals surface area contributed by atoms with Gasteiger partial charge < -0.3 is 19.9 Å². The minimum atomic E-state index is -0.475. The second-order valence-corrected chi connectivity index (χ2v) is 9.39. The predicted molar refractivity (Wildman–Crippen MR) is 130 cm³/mol. The van der Waals surface area contributed by atoms with Crippen molar-refractivity contribution in [3.05, 3.63) is 46.4 Å². The lowest BCUT2D eigenvalue weighted by molar-refractivity contribution is 0.143. The highest BCUT2D eigenvalue weighted by molar-refractivity contribution is 7.81. The Balaban J connectivity index is 1.38. The van der Waals surface area contributed by atoms with E-state index in [1.807, 2.05) is 22.4 Å². The van der Waals surface area contributed by atoms with Crippen LogP contribution in [-0.4, -0.2) is 66.3 Å². The molecule has 2 fully saturated rings. The Morgan fingerprint density at radius 2 is 2.03 bits per heavy atom. The van der Waals surface area contributed by atoms with E-state index in [0.29, 0.717) is 42.5 Å². The van der Waals surface area contributed by atoms with E-state index in [1.165, 1.54) is 11.0 Å². The molecule has 0 radical (unpaired) electrons. The van der Waals surface area contributed by atoms with E-state index in [0.717, 1.165) is 23.0 Å². The van der Waals surface area contributed by atoms with Gasteiger partial charge in [0, 0.05) is 26.2 Å². The van der Waals surface area contributed by atoms with Gasteiger partial charge in [-0.1, -0.05) is 30.5 Å². The number of amides is 1. The number of anilines is 2. The van der Waals surface area contributed by atoms with Gasteiger partial charge in [-0.2, -0.15) is 0 Å². The van der Waals surface area contributed by atoms with Gasteiger partial charge in [0.2, 0.25) is 0 Å². The topological polar surface area (TPSA) is 48.0 Å². The average molecular weight is 479 g/mol. The fourth-order valence-electron chi connectivity index (χ4n) is 3.72. The molecule has 164 valence electrons. The molecule has 10 heteroatoms. The van der Waals surface area contributed by atoms with Crippen LogP contribution in [0.2, 0.25) is 0 Å². The summed E-state index contributed by atoms with van der Waals surface area (Å²) < 4.78 is 20.3. The van der Waals surface area contributed by atoms with Crippen molar-refractivity contribution in [3.8, 4) is 0 Å². The number of hydrogen-bond donors (Lipinski definition) is 1. The zero-order valence-corrected chi connectivity index (χ0v) is 19.5. The molecule has 2 aliphatic heterocycles. The van der Waals surface area contributed by atoms with Gasteiger partial charge in [-0.25, -0.2) is 9.18 Å². The Bertz CT molecular complexity index is 977. The number of hydrogen-bond acceptors (Lipinski definition) is 6. The normalized spacial score (nSPS) is 18.8. The molecule has 0 saturated carbocycles. The molecule has 2 saturated heterocycles. The first-order chi connectivity index (χ1) is 14.9. The summed E-state index contributed by atoms with van der Waals surface area (Å²) in [6.45, 7) is 5.40. The lowest BCUT2D eigenvalue weighted by Crippen LogP contribution is -2.48. The Labute approximate surface area is 195 Å². The minimum Gasteiger partial charge on any atom is -0.442 e. The van der Waals surface area contributed by atoms with E-state index in [4.69, 9.17) is 29.2 Å². The smallest absolute Gasteiger partial charge is 0.414 e. The number of carbonyl (C=O) groups is 1. The van der Waals surface area contributed by atoms with Crippen molar-refractivity contribution >= 4 is 63.2 Å². The van der Waals surface area contributed by atoms with Gasteiger partial charge in [-0.15, -0.1) is 11.3 Å². The number of cyclic esters (lactones) is 1. The van der Waals surface area contributed by atoms with Crippen molar-refractivity contribution in [2.45, 2.75) is 13.0 Å². The number of piperazine rings is 1. The molecule has 0 unspecified atom stereocenters. The second-order valence-electron chi connectivity index (χ2n) is 7.45. The van der Waals surface area contributed by atoms with Crippen LogP contribution in [0.25, 0.3) is 0 Å². The lowest BCUT2D eigenvalue weighted by Gasteiger charge is -2.37. The first-order valence-corrected chi connectivity index (χ1v) is 11.7. The highest BCUT2D eigenvalue weighted by Gasteiger charge is 2.33. The van der Waals surface area contributed by atoms with Crippen LogP contribution < -0.4 is 15.1 Å². The van der Waals surface area contributed by atoms with Crippen molar-refractivity contribution in [3.63, 3.8) is 0 Å². The van der Waals surface area contributed by atoms with Crippen LogP contribution in [-0.2, 0) is 4.74 Å². The van der Waals surface area contributed by atoms with Crippen LogP contribution in [0.5, 0.6) is 0 Å². The Hall–Kier alpha value is -2.30. The first-order valence-electron chi connectivity index (χ1n) is 10.0. The fourth-order valence-corrected chi connectivity index (χ4v) is 4.89. The quantitative estimate of drug-likeness (QED) is 0.659. The molecular formula is C21H23FN4O2S3. The first kappa shape index (κ1) is 21.9. The summed E-state index contributed by atoms with van der Waals surface area (Å²) >= 11 is 12.2. The molecule has 1 aromatic heterocycles. The molecule has 0 bridgehead atoms. The third-order valence-electron chi connectivity index (χ3n) is 5.34. The van der Waals surface area contributed by atoms with Gasteiger partial charge >= 0.3 is 6.09 Å². The summed E-state index contributed by atoms with van der Waals surface area (Å²) in [4.78, 5) is 20.4. The third kappa shape index (κ3) is 4.97. The van der Waals surface area contributed by atoms with Crippen molar-refractivity contribution < 1.29 is 13.9 Å². The number of carbonyl (C=O) groups excluding carboxylic acids is 1. The number of nitrogens with one attached hydrogen (secondary N) is 1. The molecule has 1 N–H and O–H groups in total. The zero-order valence-electron chi connectivity index (χ0n) is 17.0. The van der Waals surface area contributed by atoms with E-state index in [1.54, 1.807) is 30.4 Å². The van der Waals surface area contributed by atoms with E-state index < -0.39 is 6.09 Å². The highest BCUT2D eigenvalue weighted by Crippen LogP contribution is 2.29. The maximum Gasteiger partial charge on any atom is 0.414 e. The van der Waals surface area contributed by atoms with E-state index >= 15 is 0 Å². The van der Waals surface area contributed by atoms with Crippen LogP contribution in [0.4, 0.5) is 20.6 Å². The monoisotopic (exact) mass is 478 g/mol. The molecule has 3 heterocycles. The van der Waals surface area contributed by atoms with Crippen molar-refractivity contribution in [1.82, 2.24) is 10.2 Å². The molecule has 0 aliphatic carbocycles. The standard InChI is InChI=1S/C21H23FN4O2S3/c1-14(29)23-12-16-13-26(21(27)28-16)15-4-5-18(17(22)11-15)24-6-8-25(9-7-24)20(30)19-3-2-10-31-19/h2-5,10-11,16H,6-9,12-13H2,1H3,(H,23,29)/t16-/m0/s1. The molecule has 1 aromatic carbocycles. The summed E-state index contributed by atoms with van der Waals surface area (Å²) in [5.41, 5.74) is 1.03. The van der Waals surface area contributed by atoms with Crippen LogP contribution in [0.3, 0.4) is 0 Å². The Morgan fingerprint density at radius 3 is 2.68 bits per heavy atom. The van der Waals surface area contributed by atoms with Crippen LogP contribution in [0, 0.1) is 5.82 Å². The summed E-state index contributed by atoms with van der Waals surface area (Å²) in [5.74, 6) is -0.351. The molecule has 6 nitrogen and oxygen atoms in total. The summed E-state index contributed by atoms with van der Waals surface area (Å²) in [6.07, 6.45) is -0.801. The van der Waals surface area contributed by atoms with Gasteiger partial charge in [0.15, 0.2) is 0 Å². The van der Waals surface area contributed by atoms with Crippen LogP contribution in [0.15, 0.2) is 35.7 Å². The molecule has 2 aromatic rings. The van der Waals surface area contributed by atoms with Crippen LogP contribution in [0.1, 0.15) is 11.8 Å². The minimum absolute atomic E-state index is 0.326. The van der Waals surface area contributed by atoms with Gasteiger partial charge in [0.05, 0.1) is 34.3 Å². The molecule has 1 atom stereocenters. The van der Waals surface area contributed by atoms with E-state index in [-0.39, 0.29) is 11.9 Å². The van der Waals surface area contributed by atoms with Crippen molar-refractivity contribution in [2.75, 3.05) is 49.1 Å². The van der Waals surface area contributed by atoms with Gasteiger partial charge in [-0.05, 0) is 36.6 Å². The fraction of sp³-hybridized carbons (Fsp3) is 0.381. The predicted octanol–water partition coefficient (Wildman–Crippen LogP) is 3.65. The molecule has 4 rings (SSSR count). The largest absolute Gasteiger partial charge is 0.442 e. The SMILES string of the molecule is CC(=S)NC[C@H]1CN(c2ccc(N3CCN(C(=S)c4cccs4)CC3)c(F)c2)C(=O)O1. The number of rotatable bonds is 5. The number of halogens is 1. The number of benzene rings is 1. The number of nitrogens with zero attached hydrogens (tertiary/aromatic N) is 3. The van der Waals surface area contributed by atoms with Gasteiger partial charge in [0.25, 0.3) is 0 Å². The summed E-state index contributed by atoms with van der Waals surface area (Å²) in [7, 11) is 0. The summed E-state index contributed by atoms with van der Waals surface area (Å²) in [5, 5.41) is 5.01. The van der Waals surface area contributed by atoms with Gasteiger partial charge in [0.1, 0.15) is 16.9 Å². The zero-order chi connectivity index (χ0) is 22.0. The maximum absolute atomic E-state index is 15.0. The Kier molecular flexibility index (Phi) is 6.68. The lowest BCUT2D eigenvalue weighted by atomic mass is 10.2. The van der Waals surface area contributed by atoms with Crippen molar-refractivity contribution in [2.24, 2.45) is 0 Å². The van der Waals surface area contributed by atoms with Gasteiger partial charge in [-0.3, -0.25) is 4.90 Å². The number of ether oxygens (including phenoxy) is 1. The van der Waals surface area contributed by atoms with Crippen LogP contribution >= 0.6 is 35.8 Å². The highest BCUT2D eigenvalue weighted by atomic mass is 32.1. The third-order valence-corrected chi connectivity index (χ3v) is 6.96. The average Bonchev–Trinajstić information content (AvgIpc) is 3.42. The number of thiocarbonyl (C=S) groups is 2. The van der Waals surface area contributed by atoms with E-state index in [9.17, 15) is 9.18 Å². The maximum atomic E-state index is 15.0. The van der Waals surface area contributed by atoms with Crippen molar-refractivity contribution in [1.29, 1.82) is 0 Å². The molecular weight excluding hydrogens is 455 g/mol. The Morgan fingerprint density at radius 1 is 1.26 bits per heavy atom.